The minimum atomic E-state index is -0.361. The first-order valence-corrected chi connectivity index (χ1v) is 6.39. The number of Topliss-reactive ketones (excluding diaryl/α,β-unsaturated/α-hetero) is 1. The van der Waals surface area contributed by atoms with Crippen LogP contribution in [0.25, 0.3) is 0 Å². The van der Waals surface area contributed by atoms with Crippen LogP contribution in [0.1, 0.15) is 23.2 Å². The van der Waals surface area contributed by atoms with Gasteiger partial charge in [-0.05, 0) is 37.1 Å². The van der Waals surface area contributed by atoms with E-state index in [1.165, 1.54) is 24.3 Å². The van der Waals surface area contributed by atoms with Crippen LogP contribution in [-0.4, -0.2) is 36.2 Å². The molecule has 5 heteroatoms. The molecule has 0 saturated carbocycles. The van der Waals surface area contributed by atoms with Gasteiger partial charge >= 0.3 is 0 Å². The Morgan fingerprint density at radius 3 is 2.63 bits per heavy atom. The lowest BCUT2D eigenvalue weighted by molar-refractivity contribution is -0.131. The van der Waals surface area contributed by atoms with E-state index in [9.17, 15) is 14.0 Å². The van der Waals surface area contributed by atoms with Crippen molar-refractivity contribution >= 4 is 11.7 Å². The number of hydrogen-bond acceptors (Lipinski definition) is 3. The van der Waals surface area contributed by atoms with E-state index in [1.807, 2.05) is 0 Å². The average molecular weight is 264 g/mol. The number of amides is 1. The lowest BCUT2D eigenvalue weighted by Gasteiger charge is -2.31. The summed E-state index contributed by atoms with van der Waals surface area (Å²) >= 11 is 0. The standard InChI is InChI=1S/C14H17FN2O2/c15-12-5-3-10(4-6-12)14(19)11-2-1-7-17(9-11)13(18)8-16/h3-6,11H,1-2,7-9,16H2. The summed E-state index contributed by atoms with van der Waals surface area (Å²) in [7, 11) is 0. The molecule has 1 fully saturated rings. The molecule has 1 aromatic carbocycles. The molecule has 1 aliphatic rings. The SMILES string of the molecule is NCC(=O)N1CCCC(C(=O)c2ccc(F)cc2)C1. The molecule has 1 atom stereocenters. The molecule has 1 heterocycles. The summed E-state index contributed by atoms with van der Waals surface area (Å²) in [5, 5.41) is 0. The van der Waals surface area contributed by atoms with E-state index in [-0.39, 0.29) is 30.0 Å². The van der Waals surface area contributed by atoms with Crippen LogP contribution in [0.2, 0.25) is 0 Å². The number of carbonyl (C=O) groups is 2. The van der Waals surface area contributed by atoms with E-state index < -0.39 is 0 Å². The maximum absolute atomic E-state index is 12.8. The molecule has 1 aliphatic heterocycles. The van der Waals surface area contributed by atoms with Crippen LogP contribution >= 0.6 is 0 Å². The fourth-order valence-electron chi connectivity index (χ4n) is 2.40. The maximum Gasteiger partial charge on any atom is 0.236 e. The summed E-state index contributed by atoms with van der Waals surface area (Å²) in [6.07, 6.45) is 1.55. The van der Waals surface area contributed by atoms with E-state index >= 15 is 0 Å². The van der Waals surface area contributed by atoms with E-state index in [1.54, 1.807) is 4.90 Å². The van der Waals surface area contributed by atoms with Gasteiger partial charge in [-0.1, -0.05) is 0 Å². The lowest BCUT2D eigenvalue weighted by atomic mass is 9.90. The summed E-state index contributed by atoms with van der Waals surface area (Å²) in [6.45, 7) is 1.03. The molecule has 2 rings (SSSR count). The molecule has 1 saturated heterocycles. The Morgan fingerprint density at radius 1 is 1.32 bits per heavy atom. The number of ketones is 1. The number of carbonyl (C=O) groups excluding carboxylic acids is 2. The molecule has 19 heavy (non-hydrogen) atoms. The molecule has 1 unspecified atom stereocenters. The van der Waals surface area contributed by atoms with Crippen molar-refractivity contribution in [1.82, 2.24) is 4.90 Å². The van der Waals surface area contributed by atoms with Crippen LogP contribution in [0.15, 0.2) is 24.3 Å². The van der Waals surface area contributed by atoms with Gasteiger partial charge in [0.15, 0.2) is 5.78 Å². The Hall–Kier alpha value is -1.75. The number of likely N-dealkylation sites (tertiary alicyclic amines) is 1. The Kier molecular flexibility index (Phi) is 4.27. The maximum atomic E-state index is 12.8. The summed E-state index contributed by atoms with van der Waals surface area (Å²) in [6, 6.07) is 5.53. The summed E-state index contributed by atoms with van der Waals surface area (Å²) < 4.78 is 12.8. The largest absolute Gasteiger partial charge is 0.341 e. The van der Waals surface area contributed by atoms with Gasteiger partial charge in [-0.2, -0.15) is 0 Å². The highest BCUT2D eigenvalue weighted by molar-refractivity contribution is 5.98. The quantitative estimate of drug-likeness (QED) is 0.834. The molecular formula is C14H17FN2O2. The minimum Gasteiger partial charge on any atom is -0.341 e. The van der Waals surface area contributed by atoms with Crippen molar-refractivity contribution < 1.29 is 14.0 Å². The second kappa shape index (κ2) is 5.93. The Bertz CT molecular complexity index is 473. The summed E-state index contributed by atoms with van der Waals surface area (Å²) in [5.74, 6) is -0.735. The zero-order valence-corrected chi connectivity index (χ0v) is 10.6. The van der Waals surface area contributed by atoms with E-state index in [4.69, 9.17) is 5.73 Å². The number of nitrogens with zero attached hydrogens (tertiary/aromatic N) is 1. The van der Waals surface area contributed by atoms with Crippen LogP contribution < -0.4 is 5.73 Å². The van der Waals surface area contributed by atoms with Crippen LogP contribution in [0.4, 0.5) is 4.39 Å². The topological polar surface area (TPSA) is 63.4 Å². The molecule has 0 radical (unpaired) electrons. The number of piperidine rings is 1. The molecule has 1 amide bonds. The van der Waals surface area contributed by atoms with Gasteiger partial charge in [0, 0.05) is 24.6 Å². The van der Waals surface area contributed by atoms with Crippen LogP contribution in [-0.2, 0) is 4.79 Å². The minimum absolute atomic E-state index is 0.0303. The molecule has 0 bridgehead atoms. The number of nitrogens with two attached hydrogens (primary N) is 1. The van der Waals surface area contributed by atoms with Crippen molar-refractivity contribution in [3.8, 4) is 0 Å². The highest BCUT2D eigenvalue weighted by Gasteiger charge is 2.28. The summed E-state index contributed by atoms with van der Waals surface area (Å²) in [4.78, 5) is 25.5. The third-order valence-corrected chi connectivity index (χ3v) is 3.45. The van der Waals surface area contributed by atoms with Crippen molar-refractivity contribution in [1.29, 1.82) is 0 Å². The molecule has 1 aromatic rings. The van der Waals surface area contributed by atoms with Gasteiger partial charge < -0.3 is 10.6 Å². The van der Waals surface area contributed by atoms with Crippen LogP contribution in [0, 0.1) is 11.7 Å². The van der Waals surface area contributed by atoms with Crippen molar-refractivity contribution in [3.05, 3.63) is 35.6 Å². The average Bonchev–Trinajstić information content (AvgIpc) is 2.46. The first-order chi connectivity index (χ1) is 9.11. The molecule has 0 spiro atoms. The van der Waals surface area contributed by atoms with Crippen molar-refractivity contribution in [3.63, 3.8) is 0 Å². The smallest absolute Gasteiger partial charge is 0.236 e. The van der Waals surface area contributed by atoms with Gasteiger partial charge in [0.1, 0.15) is 5.82 Å². The molecule has 102 valence electrons. The highest BCUT2D eigenvalue weighted by Crippen LogP contribution is 2.21. The second-order valence-corrected chi connectivity index (χ2v) is 4.75. The molecule has 2 N–H and O–H groups in total. The van der Waals surface area contributed by atoms with E-state index in [0.717, 1.165) is 12.8 Å². The predicted molar refractivity (Wildman–Crippen MR) is 69.1 cm³/mol. The van der Waals surface area contributed by atoms with Crippen molar-refractivity contribution in [2.45, 2.75) is 12.8 Å². The fourth-order valence-corrected chi connectivity index (χ4v) is 2.40. The van der Waals surface area contributed by atoms with Crippen molar-refractivity contribution in [2.75, 3.05) is 19.6 Å². The Labute approximate surface area is 111 Å². The first-order valence-electron chi connectivity index (χ1n) is 6.39. The van der Waals surface area contributed by atoms with Gasteiger partial charge in [-0.3, -0.25) is 9.59 Å². The second-order valence-electron chi connectivity index (χ2n) is 4.75. The number of halogens is 1. The Balaban J connectivity index is 2.06. The first kappa shape index (κ1) is 13.7. The normalized spacial score (nSPS) is 19.3. The van der Waals surface area contributed by atoms with Gasteiger partial charge in [0.25, 0.3) is 0 Å². The molecule has 0 aliphatic carbocycles. The number of benzene rings is 1. The van der Waals surface area contributed by atoms with Gasteiger partial charge in [-0.25, -0.2) is 4.39 Å². The van der Waals surface area contributed by atoms with Gasteiger partial charge in [-0.15, -0.1) is 0 Å². The number of rotatable bonds is 3. The van der Waals surface area contributed by atoms with Crippen LogP contribution in [0.5, 0.6) is 0 Å². The van der Waals surface area contributed by atoms with Gasteiger partial charge in [0.05, 0.1) is 6.54 Å². The molecular weight excluding hydrogens is 247 g/mol. The monoisotopic (exact) mass is 264 g/mol. The van der Waals surface area contributed by atoms with Crippen molar-refractivity contribution in [2.24, 2.45) is 11.7 Å². The molecule has 4 nitrogen and oxygen atoms in total. The Morgan fingerprint density at radius 2 is 2.00 bits per heavy atom. The lowest BCUT2D eigenvalue weighted by Crippen LogP contribution is -2.44. The highest BCUT2D eigenvalue weighted by atomic mass is 19.1. The van der Waals surface area contributed by atoms with Crippen LogP contribution in [0.3, 0.4) is 0 Å². The van der Waals surface area contributed by atoms with Gasteiger partial charge in [0.2, 0.25) is 5.91 Å². The third-order valence-electron chi connectivity index (χ3n) is 3.45. The van der Waals surface area contributed by atoms with E-state index in [0.29, 0.717) is 18.7 Å². The predicted octanol–water partition coefficient (Wildman–Crippen LogP) is 1.21. The zero-order chi connectivity index (χ0) is 13.8. The molecule has 0 aromatic heterocycles. The fraction of sp³-hybridized carbons (Fsp3) is 0.429. The third kappa shape index (κ3) is 3.17. The van der Waals surface area contributed by atoms with E-state index in [2.05, 4.69) is 0 Å². The zero-order valence-electron chi connectivity index (χ0n) is 10.6. The summed E-state index contributed by atoms with van der Waals surface area (Å²) in [5.41, 5.74) is 5.83. The number of hydrogen-bond donors (Lipinski definition) is 1.